The van der Waals surface area contributed by atoms with E-state index < -0.39 is 9.05 Å². The number of amides is 1. The van der Waals surface area contributed by atoms with Crippen LogP contribution < -0.4 is 5.32 Å². The van der Waals surface area contributed by atoms with Gasteiger partial charge in [-0.25, -0.2) is 8.42 Å². The largest absolute Gasteiger partial charge is 0.352 e. The number of halogens is 1. The van der Waals surface area contributed by atoms with Crippen molar-refractivity contribution >= 4 is 37.0 Å². The van der Waals surface area contributed by atoms with Crippen LogP contribution in [0.25, 0.3) is 0 Å². The predicted octanol–water partition coefficient (Wildman–Crippen LogP) is 2.65. The Kier molecular flexibility index (Phi) is 4.80. The molecule has 2 aromatic rings. The molecule has 7 heteroatoms. The number of nitrogens with one attached hydrogen (secondary N) is 1. The van der Waals surface area contributed by atoms with Crippen LogP contribution >= 0.6 is 22.0 Å². The first-order valence-electron chi connectivity index (χ1n) is 5.82. The van der Waals surface area contributed by atoms with E-state index in [2.05, 4.69) is 5.32 Å². The van der Waals surface area contributed by atoms with Crippen LogP contribution in [0.1, 0.15) is 15.2 Å². The molecule has 0 aliphatic heterocycles. The molecule has 0 saturated heterocycles. The number of carbonyl (C=O) groups excluding carboxylic acids is 1. The Hall–Kier alpha value is -1.37. The number of hydrogen-bond acceptors (Lipinski definition) is 4. The van der Waals surface area contributed by atoms with Crippen molar-refractivity contribution in [2.24, 2.45) is 0 Å². The van der Waals surface area contributed by atoms with Gasteiger partial charge in [0.1, 0.15) is 0 Å². The van der Waals surface area contributed by atoms with Gasteiger partial charge in [0, 0.05) is 27.7 Å². The van der Waals surface area contributed by atoms with Gasteiger partial charge in [0.2, 0.25) is 0 Å². The van der Waals surface area contributed by atoms with E-state index in [1.807, 2.05) is 17.5 Å². The summed E-state index contributed by atoms with van der Waals surface area (Å²) in [5.74, 6) is -0.316. The zero-order valence-electron chi connectivity index (χ0n) is 10.4. The standard InChI is InChI=1S/C13H12ClNO3S2/c14-20(17,18)12-5-1-3-10(9-12)13(16)15-7-6-11-4-2-8-19-11/h1-5,8-9H,6-7H2,(H,15,16). The lowest BCUT2D eigenvalue weighted by molar-refractivity contribution is 0.0954. The van der Waals surface area contributed by atoms with Crippen molar-refractivity contribution < 1.29 is 13.2 Å². The maximum absolute atomic E-state index is 11.9. The quantitative estimate of drug-likeness (QED) is 0.858. The van der Waals surface area contributed by atoms with E-state index >= 15 is 0 Å². The number of benzene rings is 1. The van der Waals surface area contributed by atoms with Crippen molar-refractivity contribution in [3.63, 3.8) is 0 Å². The molecule has 0 bridgehead atoms. The van der Waals surface area contributed by atoms with Gasteiger partial charge in [0.05, 0.1) is 4.90 Å². The summed E-state index contributed by atoms with van der Waals surface area (Å²) in [5, 5.41) is 4.72. The molecule has 106 valence electrons. The number of thiophene rings is 1. The van der Waals surface area contributed by atoms with Gasteiger partial charge in [-0.15, -0.1) is 11.3 Å². The Balaban J connectivity index is 1.99. The number of rotatable bonds is 5. The molecule has 2 rings (SSSR count). The highest BCUT2D eigenvalue weighted by atomic mass is 35.7. The van der Waals surface area contributed by atoms with Crippen LogP contribution in [-0.4, -0.2) is 20.9 Å². The summed E-state index contributed by atoms with van der Waals surface area (Å²) < 4.78 is 22.4. The van der Waals surface area contributed by atoms with Crippen molar-refractivity contribution in [3.05, 3.63) is 52.2 Å². The van der Waals surface area contributed by atoms with Crippen molar-refractivity contribution in [3.8, 4) is 0 Å². The highest BCUT2D eigenvalue weighted by Gasteiger charge is 2.13. The first-order chi connectivity index (χ1) is 9.47. The van der Waals surface area contributed by atoms with Gasteiger partial charge in [-0.3, -0.25) is 4.79 Å². The zero-order valence-corrected chi connectivity index (χ0v) is 12.8. The molecule has 4 nitrogen and oxygen atoms in total. The minimum Gasteiger partial charge on any atom is -0.352 e. The molecule has 1 aromatic carbocycles. The molecular weight excluding hydrogens is 318 g/mol. The molecule has 0 aliphatic rings. The van der Waals surface area contributed by atoms with Crippen LogP contribution in [0.4, 0.5) is 0 Å². The van der Waals surface area contributed by atoms with E-state index in [0.29, 0.717) is 6.54 Å². The second-order valence-electron chi connectivity index (χ2n) is 4.05. The summed E-state index contributed by atoms with van der Waals surface area (Å²) >= 11 is 1.63. The van der Waals surface area contributed by atoms with Gasteiger partial charge < -0.3 is 5.32 Å². The molecule has 0 aliphatic carbocycles. The van der Waals surface area contributed by atoms with Crippen molar-refractivity contribution in [1.82, 2.24) is 5.32 Å². The van der Waals surface area contributed by atoms with Crippen LogP contribution in [0.2, 0.25) is 0 Å². The van der Waals surface area contributed by atoms with E-state index in [1.54, 1.807) is 17.4 Å². The first kappa shape index (κ1) is 15.0. The second-order valence-corrected chi connectivity index (χ2v) is 7.65. The Morgan fingerprint density at radius 1 is 1.25 bits per heavy atom. The molecule has 1 N–H and O–H groups in total. The Bertz CT molecular complexity index is 696. The second kappa shape index (κ2) is 6.39. The summed E-state index contributed by atoms with van der Waals surface area (Å²) in [4.78, 5) is 13.0. The molecular formula is C13H12ClNO3S2. The fraction of sp³-hybridized carbons (Fsp3) is 0.154. The highest BCUT2D eigenvalue weighted by Crippen LogP contribution is 2.16. The molecule has 0 fully saturated rings. The lowest BCUT2D eigenvalue weighted by Gasteiger charge is -2.05. The average molecular weight is 330 g/mol. The minimum absolute atomic E-state index is 0.0786. The van der Waals surface area contributed by atoms with Gasteiger partial charge in [-0.2, -0.15) is 0 Å². The molecule has 1 heterocycles. The summed E-state index contributed by atoms with van der Waals surface area (Å²) in [6.45, 7) is 0.497. The van der Waals surface area contributed by atoms with Crippen LogP contribution in [-0.2, 0) is 15.5 Å². The van der Waals surface area contributed by atoms with Crippen molar-refractivity contribution in [1.29, 1.82) is 0 Å². The van der Waals surface area contributed by atoms with Gasteiger partial charge >= 0.3 is 0 Å². The summed E-state index contributed by atoms with van der Waals surface area (Å²) in [6.07, 6.45) is 0.747. The maximum atomic E-state index is 11.9. The van der Waals surface area contributed by atoms with Crippen LogP contribution in [0.15, 0.2) is 46.7 Å². The van der Waals surface area contributed by atoms with Crippen LogP contribution in [0, 0.1) is 0 Å². The van der Waals surface area contributed by atoms with E-state index in [0.717, 1.165) is 6.42 Å². The third-order valence-corrected chi connectivity index (χ3v) is 4.90. The molecule has 1 aromatic heterocycles. The number of carbonyl (C=O) groups is 1. The van der Waals surface area contributed by atoms with E-state index in [1.165, 1.54) is 23.1 Å². The first-order valence-corrected chi connectivity index (χ1v) is 9.01. The summed E-state index contributed by atoms with van der Waals surface area (Å²) in [7, 11) is 1.43. The van der Waals surface area contributed by atoms with Crippen LogP contribution in [0.5, 0.6) is 0 Å². The fourth-order valence-corrected chi connectivity index (χ4v) is 3.15. The predicted molar refractivity (Wildman–Crippen MR) is 79.8 cm³/mol. The third kappa shape index (κ3) is 4.06. The third-order valence-electron chi connectivity index (χ3n) is 2.61. The molecule has 20 heavy (non-hydrogen) atoms. The topological polar surface area (TPSA) is 63.2 Å². The lowest BCUT2D eigenvalue weighted by Crippen LogP contribution is -2.25. The molecule has 0 unspecified atom stereocenters. The van der Waals surface area contributed by atoms with Crippen LogP contribution in [0.3, 0.4) is 0 Å². The Morgan fingerprint density at radius 3 is 2.70 bits per heavy atom. The maximum Gasteiger partial charge on any atom is 0.261 e. The molecule has 0 atom stereocenters. The minimum atomic E-state index is -3.82. The van der Waals surface area contributed by atoms with Gasteiger partial charge in [0.25, 0.3) is 15.0 Å². The number of hydrogen-bond donors (Lipinski definition) is 1. The summed E-state index contributed by atoms with van der Waals surface area (Å²) in [5.41, 5.74) is 0.276. The molecule has 0 saturated carbocycles. The van der Waals surface area contributed by atoms with Crippen molar-refractivity contribution in [2.75, 3.05) is 6.54 Å². The molecule has 0 radical (unpaired) electrons. The van der Waals surface area contributed by atoms with Crippen molar-refractivity contribution in [2.45, 2.75) is 11.3 Å². The SMILES string of the molecule is O=C(NCCc1cccs1)c1cccc(S(=O)(=O)Cl)c1. The Morgan fingerprint density at radius 2 is 2.05 bits per heavy atom. The fourth-order valence-electron chi connectivity index (χ4n) is 1.65. The molecule has 0 spiro atoms. The smallest absolute Gasteiger partial charge is 0.261 e. The average Bonchev–Trinajstić information content (AvgIpc) is 2.91. The summed E-state index contributed by atoms with van der Waals surface area (Å²) in [6, 6.07) is 9.61. The molecule has 1 amide bonds. The van der Waals surface area contributed by atoms with E-state index in [4.69, 9.17) is 10.7 Å². The lowest BCUT2D eigenvalue weighted by atomic mass is 10.2. The monoisotopic (exact) mass is 329 g/mol. The normalized spacial score (nSPS) is 11.2. The van der Waals surface area contributed by atoms with Gasteiger partial charge in [-0.1, -0.05) is 12.1 Å². The zero-order chi connectivity index (χ0) is 14.6. The van der Waals surface area contributed by atoms with E-state index in [-0.39, 0.29) is 16.4 Å². The van der Waals surface area contributed by atoms with Gasteiger partial charge in [-0.05, 0) is 36.1 Å². The Labute approximate surface area is 125 Å². The van der Waals surface area contributed by atoms with Gasteiger partial charge in [0.15, 0.2) is 0 Å². The highest BCUT2D eigenvalue weighted by molar-refractivity contribution is 8.13. The van der Waals surface area contributed by atoms with E-state index in [9.17, 15) is 13.2 Å².